The standard InChI is InChI=1S/C28H24BrF3N2O2/c1-4-36-26-14-20(13-25(29)24(26)12-19-9-17(2)8-18(3)10-19)11-21(16-33)27(35)34-23-7-5-6-22(15-23)28(30,31)32/h5-11,13-15H,4,12H2,1-3H3,(H,34,35)/b21-11+. The number of amides is 1. The first-order valence-electron chi connectivity index (χ1n) is 11.1. The molecule has 0 bridgehead atoms. The topological polar surface area (TPSA) is 62.1 Å². The van der Waals surface area contributed by atoms with Gasteiger partial charge in [-0.15, -0.1) is 0 Å². The molecule has 0 heterocycles. The summed E-state index contributed by atoms with van der Waals surface area (Å²) in [6, 6.07) is 15.9. The molecule has 3 rings (SSSR count). The van der Waals surface area contributed by atoms with E-state index in [0.29, 0.717) is 24.3 Å². The van der Waals surface area contributed by atoms with Gasteiger partial charge in [-0.2, -0.15) is 18.4 Å². The highest BCUT2D eigenvalue weighted by molar-refractivity contribution is 9.10. The van der Waals surface area contributed by atoms with E-state index in [2.05, 4.69) is 39.4 Å². The van der Waals surface area contributed by atoms with E-state index in [1.165, 1.54) is 18.2 Å². The van der Waals surface area contributed by atoms with E-state index in [1.807, 2.05) is 26.8 Å². The minimum Gasteiger partial charge on any atom is -0.494 e. The molecule has 186 valence electrons. The van der Waals surface area contributed by atoms with Crippen molar-refractivity contribution in [2.24, 2.45) is 0 Å². The van der Waals surface area contributed by atoms with Crippen LogP contribution in [0.2, 0.25) is 0 Å². The Kier molecular flexibility index (Phi) is 8.59. The lowest BCUT2D eigenvalue weighted by Crippen LogP contribution is -2.14. The van der Waals surface area contributed by atoms with Crippen LogP contribution in [0.15, 0.2) is 64.6 Å². The number of hydrogen-bond donors (Lipinski definition) is 1. The molecule has 0 saturated carbocycles. The van der Waals surface area contributed by atoms with Crippen LogP contribution in [-0.4, -0.2) is 12.5 Å². The Balaban J connectivity index is 1.91. The molecule has 3 aromatic rings. The van der Waals surface area contributed by atoms with E-state index in [0.717, 1.165) is 38.9 Å². The van der Waals surface area contributed by atoms with E-state index in [4.69, 9.17) is 4.74 Å². The first kappa shape index (κ1) is 27.0. The van der Waals surface area contributed by atoms with Crippen LogP contribution in [0.4, 0.5) is 18.9 Å². The Morgan fingerprint density at radius 3 is 2.42 bits per heavy atom. The average molecular weight is 557 g/mol. The summed E-state index contributed by atoms with van der Waals surface area (Å²) in [6.07, 6.45) is -2.56. The van der Waals surface area contributed by atoms with E-state index in [1.54, 1.807) is 12.1 Å². The predicted molar refractivity (Wildman–Crippen MR) is 138 cm³/mol. The van der Waals surface area contributed by atoms with Gasteiger partial charge in [-0.3, -0.25) is 4.79 Å². The van der Waals surface area contributed by atoms with Gasteiger partial charge in [0.1, 0.15) is 17.4 Å². The summed E-state index contributed by atoms with van der Waals surface area (Å²) in [5.41, 5.74) is 3.67. The number of benzene rings is 3. The largest absolute Gasteiger partial charge is 0.494 e. The van der Waals surface area contributed by atoms with Crippen molar-refractivity contribution in [1.29, 1.82) is 5.26 Å². The lowest BCUT2D eigenvalue weighted by molar-refractivity contribution is -0.137. The van der Waals surface area contributed by atoms with Crippen LogP contribution in [0.5, 0.6) is 5.75 Å². The maximum atomic E-state index is 13.0. The van der Waals surface area contributed by atoms with Crippen molar-refractivity contribution in [2.75, 3.05) is 11.9 Å². The van der Waals surface area contributed by atoms with Gasteiger partial charge in [0.15, 0.2) is 0 Å². The van der Waals surface area contributed by atoms with Crippen molar-refractivity contribution in [2.45, 2.75) is 33.4 Å². The molecular weight excluding hydrogens is 533 g/mol. The minimum absolute atomic E-state index is 0.0593. The second-order valence-electron chi connectivity index (χ2n) is 8.29. The van der Waals surface area contributed by atoms with E-state index in [-0.39, 0.29) is 11.3 Å². The van der Waals surface area contributed by atoms with E-state index >= 15 is 0 Å². The van der Waals surface area contributed by atoms with Gasteiger partial charge in [0.05, 0.1) is 12.2 Å². The third kappa shape index (κ3) is 6.98. The monoisotopic (exact) mass is 556 g/mol. The first-order valence-corrected chi connectivity index (χ1v) is 11.9. The molecule has 8 heteroatoms. The van der Waals surface area contributed by atoms with Crippen LogP contribution in [0, 0.1) is 25.2 Å². The van der Waals surface area contributed by atoms with Crippen LogP contribution in [0.1, 0.15) is 40.3 Å². The van der Waals surface area contributed by atoms with Gasteiger partial charge in [0.2, 0.25) is 0 Å². The van der Waals surface area contributed by atoms with Gasteiger partial charge in [-0.1, -0.05) is 51.3 Å². The van der Waals surface area contributed by atoms with Crippen LogP contribution < -0.4 is 10.1 Å². The number of anilines is 1. The van der Waals surface area contributed by atoms with Gasteiger partial charge < -0.3 is 10.1 Å². The number of alkyl halides is 3. The second kappa shape index (κ2) is 11.4. The van der Waals surface area contributed by atoms with Gasteiger partial charge in [-0.05, 0) is 68.3 Å². The Bertz CT molecular complexity index is 1340. The summed E-state index contributed by atoms with van der Waals surface area (Å²) in [4.78, 5) is 12.7. The molecule has 3 aromatic carbocycles. The fourth-order valence-corrected chi connectivity index (χ4v) is 4.43. The van der Waals surface area contributed by atoms with E-state index in [9.17, 15) is 23.2 Å². The molecule has 36 heavy (non-hydrogen) atoms. The van der Waals surface area contributed by atoms with Crippen molar-refractivity contribution < 1.29 is 22.7 Å². The van der Waals surface area contributed by atoms with Crippen molar-refractivity contribution in [3.63, 3.8) is 0 Å². The maximum absolute atomic E-state index is 13.0. The molecule has 1 amide bonds. The van der Waals surface area contributed by atoms with Crippen molar-refractivity contribution in [3.05, 3.63) is 98.0 Å². The quantitative estimate of drug-likeness (QED) is 0.240. The zero-order valence-corrected chi connectivity index (χ0v) is 21.5. The number of aryl methyl sites for hydroxylation is 2. The Morgan fingerprint density at radius 1 is 1.11 bits per heavy atom. The van der Waals surface area contributed by atoms with Crippen molar-refractivity contribution >= 4 is 33.6 Å². The molecular formula is C28H24BrF3N2O2. The van der Waals surface area contributed by atoms with Gasteiger partial charge in [-0.25, -0.2) is 0 Å². The number of rotatable bonds is 7. The molecule has 1 N–H and O–H groups in total. The summed E-state index contributed by atoms with van der Waals surface area (Å²) < 4.78 is 45.5. The Labute approximate surface area is 216 Å². The number of nitrogens with zero attached hydrogens (tertiary/aromatic N) is 1. The number of nitriles is 1. The smallest absolute Gasteiger partial charge is 0.416 e. The lowest BCUT2D eigenvalue weighted by atomic mass is 9.98. The number of halogens is 4. The van der Waals surface area contributed by atoms with Crippen LogP contribution >= 0.6 is 15.9 Å². The maximum Gasteiger partial charge on any atom is 0.416 e. The summed E-state index contributed by atoms with van der Waals surface area (Å²) in [7, 11) is 0. The van der Waals surface area contributed by atoms with Crippen molar-refractivity contribution in [3.8, 4) is 11.8 Å². The highest BCUT2D eigenvalue weighted by atomic mass is 79.9. The highest BCUT2D eigenvalue weighted by Crippen LogP contribution is 2.33. The third-order valence-corrected chi connectivity index (χ3v) is 5.97. The zero-order valence-electron chi connectivity index (χ0n) is 20.0. The molecule has 0 radical (unpaired) electrons. The summed E-state index contributed by atoms with van der Waals surface area (Å²) >= 11 is 3.59. The fourth-order valence-electron chi connectivity index (χ4n) is 3.83. The molecule has 0 atom stereocenters. The van der Waals surface area contributed by atoms with Gasteiger partial charge in [0, 0.05) is 22.1 Å². The number of carbonyl (C=O) groups excluding carboxylic acids is 1. The second-order valence-corrected chi connectivity index (χ2v) is 9.14. The average Bonchev–Trinajstić information content (AvgIpc) is 2.79. The first-order chi connectivity index (χ1) is 17.0. The highest BCUT2D eigenvalue weighted by Gasteiger charge is 2.30. The van der Waals surface area contributed by atoms with Gasteiger partial charge >= 0.3 is 6.18 Å². The number of ether oxygens (including phenoxy) is 1. The van der Waals surface area contributed by atoms with Crippen LogP contribution in [-0.2, 0) is 17.4 Å². The van der Waals surface area contributed by atoms with Gasteiger partial charge in [0.25, 0.3) is 5.91 Å². The lowest BCUT2D eigenvalue weighted by Gasteiger charge is -2.15. The molecule has 4 nitrogen and oxygen atoms in total. The van der Waals surface area contributed by atoms with E-state index < -0.39 is 17.6 Å². The van der Waals surface area contributed by atoms with Crippen LogP contribution in [0.25, 0.3) is 6.08 Å². The molecule has 0 spiro atoms. The molecule has 0 aromatic heterocycles. The number of nitrogens with one attached hydrogen (secondary N) is 1. The van der Waals surface area contributed by atoms with Crippen LogP contribution in [0.3, 0.4) is 0 Å². The fraction of sp³-hybridized carbons (Fsp3) is 0.214. The number of hydrogen-bond acceptors (Lipinski definition) is 3. The molecule has 0 aliphatic heterocycles. The molecule has 0 aliphatic rings. The summed E-state index contributed by atoms with van der Waals surface area (Å²) in [5.74, 6) is -0.210. The van der Waals surface area contributed by atoms with Crippen molar-refractivity contribution in [1.82, 2.24) is 0 Å². The number of carbonyl (C=O) groups is 1. The zero-order chi connectivity index (χ0) is 26.5. The minimum atomic E-state index is -4.55. The Hall–Kier alpha value is -3.57. The Morgan fingerprint density at radius 2 is 1.81 bits per heavy atom. The molecule has 0 aliphatic carbocycles. The predicted octanol–water partition coefficient (Wildman–Crippen LogP) is 7.62. The molecule has 0 unspecified atom stereocenters. The molecule has 0 saturated heterocycles. The SMILES string of the molecule is CCOc1cc(/C=C(\C#N)C(=O)Nc2cccc(C(F)(F)F)c2)cc(Br)c1Cc1cc(C)cc(C)c1. The molecule has 0 fully saturated rings. The summed E-state index contributed by atoms with van der Waals surface area (Å²) in [6.45, 7) is 6.36. The normalized spacial score (nSPS) is 11.7. The third-order valence-electron chi connectivity index (χ3n) is 5.26. The summed E-state index contributed by atoms with van der Waals surface area (Å²) in [5, 5.41) is 11.9.